The molecule has 0 aromatic heterocycles. The molecular weight excluding hydrogens is 380 g/mol. The van der Waals surface area contributed by atoms with E-state index in [9.17, 15) is 9.59 Å². The summed E-state index contributed by atoms with van der Waals surface area (Å²) in [6.45, 7) is 4.07. The molecule has 1 heterocycles. The van der Waals surface area contributed by atoms with Crippen LogP contribution in [0.25, 0.3) is 0 Å². The molecule has 7 nitrogen and oxygen atoms in total. The van der Waals surface area contributed by atoms with Crippen LogP contribution in [0.1, 0.15) is 57.7 Å². The number of ether oxygens (including phenoxy) is 1. The maximum Gasteiger partial charge on any atom is 0.279 e. The fourth-order valence-corrected chi connectivity index (χ4v) is 3.41. The standard InChI is InChI=1S/C23H26N4O3/c1-23(2)9-8-19-17(10-15-4-6-16(14-28)7-5-15)11-18(12-20(19)30-23)22(29)27-21(24)13-26-25-3/h4-7,11-14,25H,8-10H2,1-3H3,(H2,24,27,29)/b26-13-. The Morgan fingerprint density at radius 2 is 2.00 bits per heavy atom. The van der Waals surface area contributed by atoms with Crippen LogP contribution in [0, 0.1) is 0 Å². The van der Waals surface area contributed by atoms with Crippen LogP contribution in [0.3, 0.4) is 0 Å². The predicted octanol–water partition coefficient (Wildman–Crippen LogP) is 2.90. The molecule has 3 N–H and O–H groups in total. The lowest BCUT2D eigenvalue weighted by Crippen LogP contribution is -2.33. The zero-order chi connectivity index (χ0) is 21.7. The van der Waals surface area contributed by atoms with Crippen LogP contribution in [-0.4, -0.2) is 36.9 Å². The summed E-state index contributed by atoms with van der Waals surface area (Å²) >= 11 is 0. The quantitative estimate of drug-likeness (QED) is 0.332. The van der Waals surface area contributed by atoms with Gasteiger partial charge in [0.2, 0.25) is 0 Å². The highest BCUT2D eigenvalue weighted by Crippen LogP contribution is 2.37. The van der Waals surface area contributed by atoms with Gasteiger partial charge in [-0.2, -0.15) is 10.1 Å². The predicted molar refractivity (Wildman–Crippen MR) is 118 cm³/mol. The van der Waals surface area contributed by atoms with E-state index in [1.807, 2.05) is 32.0 Å². The van der Waals surface area contributed by atoms with Gasteiger partial charge in [-0.25, -0.2) is 0 Å². The second-order valence-electron chi connectivity index (χ2n) is 7.83. The lowest BCUT2D eigenvalue weighted by Gasteiger charge is -2.34. The molecule has 0 radical (unpaired) electrons. The average molecular weight is 406 g/mol. The molecule has 0 saturated carbocycles. The Labute approximate surface area is 176 Å². The van der Waals surface area contributed by atoms with Gasteiger partial charge in [-0.1, -0.05) is 24.3 Å². The first-order chi connectivity index (χ1) is 14.3. The number of carbonyl (C=O) groups excluding carboxylic acids is 2. The number of amides is 1. The van der Waals surface area contributed by atoms with E-state index in [0.29, 0.717) is 23.3 Å². The van der Waals surface area contributed by atoms with Crippen LogP contribution in [0.15, 0.2) is 46.5 Å². The van der Waals surface area contributed by atoms with Gasteiger partial charge < -0.3 is 15.9 Å². The van der Waals surface area contributed by atoms with Gasteiger partial charge in [-0.15, -0.1) is 0 Å². The molecule has 2 aromatic rings. The summed E-state index contributed by atoms with van der Waals surface area (Å²) in [6.07, 6.45) is 4.47. The van der Waals surface area contributed by atoms with E-state index < -0.39 is 5.91 Å². The Morgan fingerprint density at radius 1 is 1.27 bits per heavy atom. The van der Waals surface area contributed by atoms with E-state index in [1.54, 1.807) is 25.2 Å². The monoisotopic (exact) mass is 406 g/mol. The van der Waals surface area contributed by atoms with Crippen LogP contribution in [0.2, 0.25) is 0 Å². The number of benzene rings is 2. The Kier molecular flexibility index (Phi) is 6.30. The zero-order valence-corrected chi connectivity index (χ0v) is 17.4. The molecule has 7 heteroatoms. The van der Waals surface area contributed by atoms with Crippen molar-refractivity contribution in [3.63, 3.8) is 0 Å². The molecule has 1 amide bonds. The molecule has 0 fully saturated rings. The number of aldehydes is 1. The van der Waals surface area contributed by atoms with Gasteiger partial charge >= 0.3 is 0 Å². The third-order valence-corrected chi connectivity index (χ3v) is 4.98. The summed E-state index contributed by atoms with van der Waals surface area (Å²) in [7, 11) is 1.63. The van der Waals surface area contributed by atoms with Gasteiger partial charge in [0.05, 0.1) is 6.21 Å². The van der Waals surface area contributed by atoms with Crippen molar-refractivity contribution in [1.29, 1.82) is 0 Å². The lowest BCUT2D eigenvalue weighted by molar-refractivity contribution is 0.0837. The first-order valence-corrected chi connectivity index (χ1v) is 9.78. The largest absolute Gasteiger partial charge is 0.488 e. The van der Waals surface area contributed by atoms with Crippen molar-refractivity contribution in [2.75, 3.05) is 7.05 Å². The maximum atomic E-state index is 12.7. The number of hydrazone groups is 1. The Morgan fingerprint density at radius 3 is 2.67 bits per heavy atom. The molecular formula is C23H26N4O3. The van der Waals surface area contributed by atoms with Crippen LogP contribution >= 0.6 is 0 Å². The summed E-state index contributed by atoms with van der Waals surface area (Å²) in [5, 5.41) is 3.76. The molecule has 1 aliphatic heterocycles. The number of aliphatic imine (C=N–C) groups is 1. The SMILES string of the molecule is CN/N=C\C(N)=NC(=O)c1cc(Cc2ccc(C=O)cc2)c2c(c1)OC(C)(C)CC2. The number of nitrogens with two attached hydrogens (primary N) is 1. The summed E-state index contributed by atoms with van der Waals surface area (Å²) < 4.78 is 6.18. The highest BCUT2D eigenvalue weighted by atomic mass is 16.5. The van der Waals surface area contributed by atoms with Crippen LogP contribution in [0.4, 0.5) is 0 Å². The van der Waals surface area contributed by atoms with E-state index in [-0.39, 0.29) is 11.4 Å². The minimum atomic E-state index is -0.456. The smallest absolute Gasteiger partial charge is 0.279 e. The molecule has 0 aliphatic carbocycles. The van der Waals surface area contributed by atoms with E-state index >= 15 is 0 Å². The third-order valence-electron chi connectivity index (χ3n) is 4.98. The number of hydrogen-bond donors (Lipinski definition) is 2. The van der Waals surface area contributed by atoms with Crippen molar-refractivity contribution < 1.29 is 14.3 Å². The van der Waals surface area contributed by atoms with Gasteiger partial charge in [0, 0.05) is 18.2 Å². The number of nitrogens with one attached hydrogen (secondary N) is 1. The van der Waals surface area contributed by atoms with E-state index in [1.165, 1.54) is 6.21 Å². The molecule has 3 rings (SSSR count). The lowest BCUT2D eigenvalue weighted by atomic mass is 9.88. The molecule has 0 bridgehead atoms. The van der Waals surface area contributed by atoms with E-state index in [2.05, 4.69) is 15.5 Å². The number of carbonyl (C=O) groups is 2. The molecule has 0 saturated heterocycles. The molecule has 1 aliphatic rings. The zero-order valence-electron chi connectivity index (χ0n) is 17.4. The minimum absolute atomic E-state index is 0.0133. The number of hydrogen-bond acceptors (Lipinski definition) is 5. The van der Waals surface area contributed by atoms with Crippen LogP contribution < -0.4 is 15.9 Å². The summed E-state index contributed by atoms with van der Waals surface area (Å²) in [5.74, 6) is 0.260. The van der Waals surface area contributed by atoms with Crippen LogP contribution in [-0.2, 0) is 12.8 Å². The van der Waals surface area contributed by atoms with Crippen molar-refractivity contribution in [3.05, 3.63) is 64.2 Å². The minimum Gasteiger partial charge on any atom is -0.488 e. The van der Waals surface area contributed by atoms with Gasteiger partial charge in [-0.3, -0.25) is 9.59 Å². The van der Waals surface area contributed by atoms with Crippen molar-refractivity contribution in [1.82, 2.24) is 5.43 Å². The number of amidine groups is 1. The Balaban J connectivity index is 1.99. The Bertz CT molecular complexity index is 1010. The van der Waals surface area contributed by atoms with Crippen LogP contribution in [0.5, 0.6) is 5.75 Å². The third kappa shape index (κ3) is 5.11. The summed E-state index contributed by atoms with van der Waals surface area (Å²) in [4.78, 5) is 27.5. The van der Waals surface area contributed by atoms with E-state index in [0.717, 1.165) is 35.8 Å². The fourth-order valence-electron chi connectivity index (χ4n) is 3.41. The van der Waals surface area contributed by atoms with Gasteiger partial charge in [0.25, 0.3) is 5.91 Å². The van der Waals surface area contributed by atoms with Gasteiger partial charge in [-0.05, 0) is 61.9 Å². The normalized spacial score (nSPS) is 15.4. The summed E-state index contributed by atoms with van der Waals surface area (Å²) in [6, 6.07) is 11.0. The fraction of sp³-hybridized carbons (Fsp3) is 0.304. The maximum absolute atomic E-state index is 12.7. The van der Waals surface area contributed by atoms with E-state index in [4.69, 9.17) is 10.5 Å². The number of nitrogens with zero attached hydrogens (tertiary/aromatic N) is 2. The first kappa shape index (κ1) is 21.2. The molecule has 156 valence electrons. The Hall–Kier alpha value is -3.48. The van der Waals surface area contributed by atoms with Crippen molar-refractivity contribution >= 4 is 24.2 Å². The van der Waals surface area contributed by atoms with Crippen molar-refractivity contribution in [2.45, 2.75) is 38.7 Å². The topological polar surface area (TPSA) is 106 Å². The number of rotatable bonds is 6. The highest BCUT2D eigenvalue weighted by molar-refractivity contribution is 6.31. The van der Waals surface area contributed by atoms with Gasteiger partial charge in [0.15, 0.2) is 0 Å². The second kappa shape index (κ2) is 8.90. The van der Waals surface area contributed by atoms with Crippen molar-refractivity contribution in [2.24, 2.45) is 15.8 Å². The molecule has 2 aromatic carbocycles. The molecule has 0 spiro atoms. The van der Waals surface area contributed by atoms with Gasteiger partial charge in [0.1, 0.15) is 23.5 Å². The highest BCUT2D eigenvalue weighted by Gasteiger charge is 2.29. The molecule has 0 atom stereocenters. The average Bonchev–Trinajstić information content (AvgIpc) is 2.71. The van der Waals surface area contributed by atoms with Crippen molar-refractivity contribution in [3.8, 4) is 5.75 Å². The summed E-state index contributed by atoms with van der Waals surface area (Å²) in [5.41, 5.74) is 12.2. The molecule has 0 unspecified atom stereocenters. The molecule has 30 heavy (non-hydrogen) atoms. The first-order valence-electron chi connectivity index (χ1n) is 9.78. The second-order valence-corrected chi connectivity index (χ2v) is 7.83. The number of fused-ring (bicyclic) bond motifs is 1.